The topological polar surface area (TPSA) is 8.72 Å². The van der Waals surface area contributed by atoms with E-state index in [1.54, 1.807) is 0 Å². The van der Waals surface area contributed by atoms with Crippen LogP contribution in [0.25, 0.3) is 9.69 Å². The van der Waals surface area contributed by atoms with Gasteiger partial charge in [-0.25, -0.2) is 9.69 Å². The summed E-state index contributed by atoms with van der Waals surface area (Å²) in [6.07, 6.45) is -9.05. The lowest BCUT2D eigenvalue weighted by Gasteiger charge is -2.08. The van der Waals surface area contributed by atoms with Crippen LogP contribution in [0.2, 0.25) is 10.0 Å². The van der Waals surface area contributed by atoms with Crippen LogP contribution in [-0.2, 0) is 12.4 Å². The number of rotatable bonds is 0. The number of benzene rings is 2. The van der Waals surface area contributed by atoms with Crippen molar-refractivity contribution in [2.45, 2.75) is 12.4 Å². The zero-order valence-electron chi connectivity index (χ0n) is 13.2. The van der Waals surface area contributed by atoms with E-state index < -0.39 is 34.9 Å². The van der Waals surface area contributed by atoms with Gasteiger partial charge < -0.3 is 0 Å². The summed E-state index contributed by atoms with van der Waals surface area (Å²) < 4.78 is 73.3. The summed E-state index contributed by atoms with van der Waals surface area (Å²) in [5.74, 6) is 0. The van der Waals surface area contributed by atoms with E-state index in [-0.39, 0.29) is 34.9 Å². The molecule has 0 atom stereocenters. The molecule has 0 spiro atoms. The number of hydrogen-bond acceptors (Lipinski definition) is 0. The molecule has 12 heteroatoms. The fraction of sp³-hybridized carbons (Fsp3) is 0.125. The molecule has 0 unspecified atom stereocenters. The highest BCUT2D eigenvalue weighted by Crippen LogP contribution is 2.41. The van der Waals surface area contributed by atoms with Crippen molar-refractivity contribution >= 4 is 59.4 Å². The summed E-state index contributed by atoms with van der Waals surface area (Å²) in [6, 6.07) is 6.51. The Morgan fingerprint density at radius 2 is 0.929 bits per heavy atom. The van der Waals surface area contributed by atoms with Gasteiger partial charge in [0.1, 0.15) is 0 Å². The van der Waals surface area contributed by atoms with Gasteiger partial charge in [0.25, 0.3) is 0 Å². The van der Waals surface area contributed by atoms with Gasteiger partial charge in [0.2, 0.25) is 11.4 Å². The highest BCUT2D eigenvalue weighted by Gasteiger charge is 2.34. The van der Waals surface area contributed by atoms with Crippen LogP contribution in [0.4, 0.5) is 37.7 Å². The molecule has 0 aliphatic rings. The quantitative estimate of drug-likeness (QED) is 0.262. The number of hydrogen-bond donors (Lipinski definition) is 0. The normalized spacial score (nSPS) is 10.2. The van der Waals surface area contributed by atoms with Crippen molar-refractivity contribution in [2.24, 2.45) is 0 Å². The molecule has 0 radical (unpaired) electrons. The van der Waals surface area contributed by atoms with Gasteiger partial charge in [0, 0.05) is 10.0 Å². The first-order valence-electron chi connectivity index (χ1n) is 6.39. The molecule has 0 aromatic heterocycles. The molecule has 0 amide bonds. The number of halogens is 10. The molecular weight excluding hydrogens is 476 g/mol. The molecule has 0 N–H and O–H groups in total. The Morgan fingerprint density at radius 1 is 0.643 bits per heavy atom. The molecule has 28 heavy (non-hydrogen) atoms. The lowest BCUT2D eigenvalue weighted by Crippen LogP contribution is -2.04. The van der Waals surface area contributed by atoms with Gasteiger partial charge in [-0.1, -0.05) is 59.6 Å². The lowest BCUT2D eigenvalue weighted by atomic mass is 10.2. The molecule has 0 saturated carbocycles. The van der Waals surface area contributed by atoms with Gasteiger partial charge in [0.15, 0.2) is 0 Å². The van der Waals surface area contributed by atoms with Gasteiger partial charge in [0.05, 0.1) is 24.3 Å². The van der Waals surface area contributed by atoms with Crippen molar-refractivity contribution in [2.75, 3.05) is 0 Å². The third-order valence-corrected chi connectivity index (χ3v) is 3.42. The molecule has 0 bridgehead atoms. The van der Waals surface area contributed by atoms with E-state index in [0.29, 0.717) is 0 Å². The molecule has 0 saturated heterocycles. The summed E-state index contributed by atoms with van der Waals surface area (Å²) in [6.45, 7) is 13.1. The Morgan fingerprint density at radius 3 is 1.11 bits per heavy atom. The molecule has 0 aliphatic heterocycles. The van der Waals surface area contributed by atoms with Crippen LogP contribution in [0.5, 0.6) is 0 Å². The Bertz CT molecular complexity index is 809. The first kappa shape index (κ1) is 28.4. The van der Waals surface area contributed by atoms with Gasteiger partial charge in [-0.2, -0.15) is 26.3 Å². The largest absolute Gasteiger partial charge is 0.407 e. The Hall–Kier alpha value is -1.84. The van der Waals surface area contributed by atoms with E-state index in [2.05, 4.69) is 9.69 Å². The smallest absolute Gasteiger partial charge is 0.236 e. The molecule has 2 rings (SSSR count). The van der Waals surface area contributed by atoms with Crippen molar-refractivity contribution in [3.8, 4) is 0 Å². The number of para-hydroxylation sites is 2. The average Bonchev–Trinajstić information content (AvgIpc) is 2.53. The van der Waals surface area contributed by atoms with Crippen LogP contribution in [0, 0.1) is 13.1 Å². The van der Waals surface area contributed by atoms with Crippen LogP contribution in [0.15, 0.2) is 36.4 Å². The molecule has 2 aromatic carbocycles. The number of nitrogens with zero attached hydrogens (tertiary/aromatic N) is 2. The van der Waals surface area contributed by atoms with E-state index in [4.69, 9.17) is 36.3 Å². The number of alkyl halides is 6. The maximum Gasteiger partial charge on any atom is 0.407 e. The maximum absolute atomic E-state index is 12.2. The molecule has 2 nitrogen and oxygen atoms in total. The first-order valence-corrected chi connectivity index (χ1v) is 7.15. The van der Waals surface area contributed by atoms with Crippen LogP contribution < -0.4 is 0 Å². The van der Waals surface area contributed by atoms with E-state index in [1.165, 1.54) is 24.3 Å². The third-order valence-electron chi connectivity index (χ3n) is 2.81. The molecule has 0 fully saturated rings. The first-order chi connectivity index (χ1) is 11.9. The van der Waals surface area contributed by atoms with E-state index in [0.717, 1.165) is 12.1 Å². The minimum Gasteiger partial charge on any atom is -0.236 e. The van der Waals surface area contributed by atoms with E-state index in [1.807, 2.05) is 0 Å². The summed E-state index contributed by atoms with van der Waals surface area (Å²) in [7, 11) is 0. The van der Waals surface area contributed by atoms with Crippen molar-refractivity contribution in [1.29, 1.82) is 0 Å². The summed E-state index contributed by atoms with van der Waals surface area (Å²) >= 11 is 10.8. The average molecular weight is 484 g/mol. The van der Waals surface area contributed by atoms with Gasteiger partial charge >= 0.3 is 12.4 Å². The minimum absolute atomic E-state index is 0. The monoisotopic (exact) mass is 482 g/mol. The zero-order chi connectivity index (χ0) is 20.1. The zero-order valence-corrected chi connectivity index (χ0v) is 16.3. The second-order valence-corrected chi connectivity index (χ2v) is 5.31. The van der Waals surface area contributed by atoms with Crippen molar-refractivity contribution in [3.05, 3.63) is 80.4 Å². The second kappa shape index (κ2) is 11.2. The van der Waals surface area contributed by atoms with Crippen molar-refractivity contribution in [3.63, 3.8) is 0 Å². The van der Waals surface area contributed by atoms with Crippen LogP contribution in [0.3, 0.4) is 0 Å². The Labute approximate surface area is 178 Å². The highest BCUT2D eigenvalue weighted by molar-refractivity contribution is 6.33. The highest BCUT2D eigenvalue weighted by atomic mass is 35.5. The maximum atomic E-state index is 12.2. The third kappa shape index (κ3) is 7.29. The molecule has 2 aromatic rings. The molecule has 0 heterocycles. The fourth-order valence-corrected chi connectivity index (χ4v) is 2.15. The van der Waals surface area contributed by atoms with Gasteiger partial charge in [-0.15, -0.1) is 24.8 Å². The van der Waals surface area contributed by atoms with Gasteiger partial charge in [-0.05, 0) is 0 Å². The van der Waals surface area contributed by atoms with Crippen molar-refractivity contribution < 1.29 is 26.3 Å². The Kier molecular flexibility index (Phi) is 11.4. The summed E-state index contributed by atoms with van der Waals surface area (Å²) in [5, 5.41) is -0.352. The van der Waals surface area contributed by atoms with E-state index in [9.17, 15) is 26.3 Å². The fourth-order valence-electron chi connectivity index (χ4n) is 1.72. The predicted octanol–water partition coefficient (Wildman–Crippen LogP) is 8.66. The van der Waals surface area contributed by atoms with Crippen LogP contribution in [-0.4, -0.2) is 0 Å². The lowest BCUT2D eigenvalue weighted by molar-refractivity contribution is -0.137. The summed E-state index contributed by atoms with van der Waals surface area (Å²) in [5.41, 5.74) is -3.07. The standard InChI is InChI=1S/2C8H3ClF3N.2ClH/c2*1-13-7-5(8(10,11)12)3-2-4-6(7)9;;/h2*2-4H;2*1H. The summed E-state index contributed by atoms with van der Waals surface area (Å²) in [4.78, 5) is 5.47. The van der Waals surface area contributed by atoms with Crippen LogP contribution >= 0.6 is 48.0 Å². The SMILES string of the molecule is Cl.Cl.[C-]#[N+]c1c(Cl)cccc1C(F)(F)F.[C-]#[N+]c1c(Cl)cccc1C(F)(F)F. The minimum atomic E-state index is -4.52. The molecular formula is C16H8Cl4F6N2. The molecule has 152 valence electrons. The molecule has 0 aliphatic carbocycles. The van der Waals surface area contributed by atoms with Gasteiger partial charge in [-0.3, -0.25) is 0 Å². The second-order valence-electron chi connectivity index (χ2n) is 4.49. The van der Waals surface area contributed by atoms with Crippen molar-refractivity contribution in [1.82, 2.24) is 0 Å². The van der Waals surface area contributed by atoms with E-state index >= 15 is 0 Å². The Balaban J connectivity index is 0. The predicted molar refractivity (Wildman–Crippen MR) is 99.9 cm³/mol. The van der Waals surface area contributed by atoms with Crippen LogP contribution in [0.1, 0.15) is 11.1 Å².